The molecule has 0 saturated heterocycles. The fourth-order valence-electron chi connectivity index (χ4n) is 2.16. The van der Waals surface area contributed by atoms with Crippen LogP contribution in [0.15, 0.2) is 53.5 Å². The Hall–Kier alpha value is -2.49. The van der Waals surface area contributed by atoms with Crippen molar-refractivity contribution < 1.29 is 4.74 Å². The van der Waals surface area contributed by atoms with Crippen molar-refractivity contribution >= 4 is 11.6 Å². The fourth-order valence-corrected chi connectivity index (χ4v) is 2.16. The molecule has 1 atom stereocenters. The van der Waals surface area contributed by atoms with Gasteiger partial charge in [0.15, 0.2) is 5.96 Å². The monoisotopic (exact) mass is 297 g/mol. The molecule has 2 aromatic rings. The van der Waals surface area contributed by atoms with Gasteiger partial charge in [-0.2, -0.15) is 0 Å². The van der Waals surface area contributed by atoms with E-state index in [4.69, 9.17) is 10.5 Å². The molecule has 0 amide bonds. The van der Waals surface area contributed by atoms with Crippen molar-refractivity contribution in [2.24, 2.45) is 10.7 Å². The van der Waals surface area contributed by atoms with Crippen LogP contribution in [0.25, 0.3) is 0 Å². The topological polar surface area (TPSA) is 59.6 Å². The van der Waals surface area contributed by atoms with Crippen LogP contribution in [-0.2, 0) is 0 Å². The highest BCUT2D eigenvalue weighted by atomic mass is 16.5. The Morgan fingerprint density at radius 2 is 1.86 bits per heavy atom. The van der Waals surface area contributed by atoms with Gasteiger partial charge >= 0.3 is 0 Å². The molecule has 0 saturated carbocycles. The number of ether oxygens (including phenoxy) is 1. The molecule has 0 spiro atoms. The minimum atomic E-state index is 0.318. The first-order chi connectivity index (χ1) is 10.6. The Kier molecular flexibility index (Phi) is 5.42. The van der Waals surface area contributed by atoms with Crippen molar-refractivity contribution in [3.05, 3.63) is 59.7 Å². The number of hydrogen-bond acceptors (Lipinski definition) is 2. The predicted octanol–water partition coefficient (Wildman–Crippen LogP) is 3.53. The van der Waals surface area contributed by atoms with Crippen molar-refractivity contribution in [2.45, 2.75) is 19.8 Å². The van der Waals surface area contributed by atoms with Crippen LogP contribution in [-0.4, -0.2) is 19.6 Å². The van der Waals surface area contributed by atoms with E-state index < -0.39 is 0 Å². The van der Waals surface area contributed by atoms with Crippen LogP contribution in [0.3, 0.4) is 0 Å². The molecule has 1 unspecified atom stereocenters. The summed E-state index contributed by atoms with van der Waals surface area (Å²) < 4.78 is 5.28. The van der Waals surface area contributed by atoms with Gasteiger partial charge in [0.2, 0.25) is 0 Å². The van der Waals surface area contributed by atoms with E-state index in [1.807, 2.05) is 24.3 Å². The molecule has 0 radical (unpaired) electrons. The smallest absolute Gasteiger partial charge is 0.193 e. The Balaban J connectivity index is 1.99. The van der Waals surface area contributed by atoms with Crippen LogP contribution in [0.4, 0.5) is 5.69 Å². The zero-order valence-electron chi connectivity index (χ0n) is 13.3. The van der Waals surface area contributed by atoms with E-state index >= 15 is 0 Å². The first-order valence-electron chi connectivity index (χ1n) is 7.36. The molecule has 2 aromatic carbocycles. The quantitative estimate of drug-likeness (QED) is 0.655. The van der Waals surface area contributed by atoms with E-state index in [-0.39, 0.29) is 0 Å². The number of benzene rings is 2. The minimum absolute atomic E-state index is 0.318. The summed E-state index contributed by atoms with van der Waals surface area (Å²) in [5, 5.41) is 3.08. The molecule has 2 rings (SSSR count). The summed E-state index contributed by atoms with van der Waals surface area (Å²) in [4.78, 5) is 4.42. The number of methoxy groups -OCH3 is 1. The summed E-state index contributed by atoms with van der Waals surface area (Å²) in [5.41, 5.74) is 9.30. The van der Waals surface area contributed by atoms with Crippen LogP contribution in [0.5, 0.6) is 5.75 Å². The first kappa shape index (κ1) is 15.9. The van der Waals surface area contributed by atoms with Crippen molar-refractivity contribution in [3.63, 3.8) is 0 Å². The standard InChI is InChI=1S/C18H23N3O/c1-13-8-10-15(11-9-13)14(2)12-20-18(19)21-16-6-4-5-7-17(16)22-3/h4-11,14H,12H2,1-3H3,(H3,19,20,21). The number of hydrogen-bond donors (Lipinski definition) is 2. The van der Waals surface area contributed by atoms with Crippen LogP contribution in [0, 0.1) is 6.92 Å². The van der Waals surface area contributed by atoms with Gasteiger partial charge in [0.05, 0.1) is 12.8 Å². The highest BCUT2D eigenvalue weighted by Gasteiger charge is 2.06. The van der Waals surface area contributed by atoms with Crippen LogP contribution < -0.4 is 15.8 Å². The molecule has 0 aliphatic rings. The average molecular weight is 297 g/mol. The van der Waals surface area contributed by atoms with Gasteiger partial charge in [0, 0.05) is 12.5 Å². The predicted molar refractivity (Wildman–Crippen MR) is 92.7 cm³/mol. The largest absolute Gasteiger partial charge is 0.495 e. The molecule has 0 heterocycles. The second-order valence-electron chi connectivity index (χ2n) is 5.36. The van der Waals surface area contributed by atoms with Gasteiger partial charge in [-0.15, -0.1) is 0 Å². The lowest BCUT2D eigenvalue weighted by atomic mass is 10.0. The van der Waals surface area contributed by atoms with Crippen LogP contribution in [0.1, 0.15) is 24.0 Å². The number of nitrogens with zero attached hydrogens (tertiary/aromatic N) is 1. The van der Waals surface area contributed by atoms with Crippen molar-refractivity contribution in [3.8, 4) is 5.75 Å². The van der Waals surface area contributed by atoms with Gasteiger partial charge in [-0.3, -0.25) is 4.99 Å². The minimum Gasteiger partial charge on any atom is -0.495 e. The summed E-state index contributed by atoms with van der Waals surface area (Å²) in [6.07, 6.45) is 0. The molecule has 4 nitrogen and oxygen atoms in total. The number of para-hydroxylation sites is 2. The lowest BCUT2D eigenvalue weighted by molar-refractivity contribution is 0.417. The highest BCUT2D eigenvalue weighted by molar-refractivity contribution is 5.93. The number of aryl methyl sites for hydroxylation is 1. The molecule has 4 heteroatoms. The second-order valence-corrected chi connectivity index (χ2v) is 5.36. The first-order valence-corrected chi connectivity index (χ1v) is 7.36. The number of rotatable bonds is 5. The van der Waals surface area contributed by atoms with E-state index in [1.165, 1.54) is 11.1 Å². The van der Waals surface area contributed by atoms with Gasteiger partial charge in [-0.1, -0.05) is 48.9 Å². The normalized spacial score (nSPS) is 12.8. The van der Waals surface area contributed by atoms with Crippen molar-refractivity contribution in [2.75, 3.05) is 19.0 Å². The summed E-state index contributed by atoms with van der Waals surface area (Å²) in [6, 6.07) is 16.1. The lowest BCUT2D eigenvalue weighted by Gasteiger charge is -2.12. The maximum atomic E-state index is 5.96. The Labute approximate surface area is 132 Å². The molecule has 116 valence electrons. The van der Waals surface area contributed by atoms with E-state index in [0.717, 1.165) is 11.4 Å². The summed E-state index contributed by atoms with van der Waals surface area (Å²) in [5.74, 6) is 1.45. The maximum Gasteiger partial charge on any atom is 0.193 e. The lowest BCUT2D eigenvalue weighted by Crippen LogP contribution is -2.23. The van der Waals surface area contributed by atoms with E-state index in [1.54, 1.807) is 7.11 Å². The third-order valence-corrected chi connectivity index (χ3v) is 3.55. The number of anilines is 1. The van der Waals surface area contributed by atoms with Crippen LogP contribution >= 0.6 is 0 Å². The van der Waals surface area contributed by atoms with Gasteiger partial charge in [-0.05, 0) is 24.6 Å². The van der Waals surface area contributed by atoms with E-state index in [2.05, 4.69) is 48.4 Å². The molecule has 22 heavy (non-hydrogen) atoms. The molecular formula is C18H23N3O. The molecule has 3 N–H and O–H groups in total. The average Bonchev–Trinajstić information content (AvgIpc) is 2.54. The van der Waals surface area contributed by atoms with Gasteiger partial charge in [0.25, 0.3) is 0 Å². The molecule has 0 aromatic heterocycles. The fraction of sp³-hybridized carbons (Fsp3) is 0.278. The van der Waals surface area contributed by atoms with Crippen molar-refractivity contribution in [1.82, 2.24) is 0 Å². The summed E-state index contributed by atoms with van der Waals surface area (Å²) in [7, 11) is 1.63. The molecule has 0 bridgehead atoms. The highest BCUT2D eigenvalue weighted by Crippen LogP contribution is 2.22. The summed E-state index contributed by atoms with van der Waals surface area (Å²) in [6.45, 7) is 4.86. The molecule has 0 fully saturated rings. The zero-order chi connectivity index (χ0) is 15.9. The zero-order valence-corrected chi connectivity index (χ0v) is 13.3. The molecular weight excluding hydrogens is 274 g/mol. The molecule has 0 aliphatic carbocycles. The Bertz CT molecular complexity index is 635. The van der Waals surface area contributed by atoms with Crippen molar-refractivity contribution in [1.29, 1.82) is 0 Å². The number of aliphatic imine (C=N–C) groups is 1. The van der Waals surface area contributed by atoms with Gasteiger partial charge in [0.1, 0.15) is 5.75 Å². The number of nitrogens with two attached hydrogens (primary N) is 1. The van der Waals surface area contributed by atoms with E-state index in [9.17, 15) is 0 Å². The van der Waals surface area contributed by atoms with Gasteiger partial charge < -0.3 is 15.8 Å². The SMILES string of the molecule is COc1ccccc1NC(N)=NCC(C)c1ccc(C)cc1. The Morgan fingerprint density at radius 1 is 1.18 bits per heavy atom. The Morgan fingerprint density at radius 3 is 2.55 bits per heavy atom. The maximum absolute atomic E-state index is 5.96. The van der Waals surface area contributed by atoms with Crippen LogP contribution in [0.2, 0.25) is 0 Å². The number of guanidine groups is 1. The summed E-state index contributed by atoms with van der Waals surface area (Å²) >= 11 is 0. The third kappa shape index (κ3) is 4.25. The van der Waals surface area contributed by atoms with E-state index in [0.29, 0.717) is 18.4 Å². The third-order valence-electron chi connectivity index (χ3n) is 3.55. The number of nitrogens with one attached hydrogen (secondary N) is 1. The molecule has 0 aliphatic heterocycles. The van der Waals surface area contributed by atoms with Gasteiger partial charge in [-0.25, -0.2) is 0 Å². The second kappa shape index (κ2) is 7.50.